The highest BCUT2D eigenvalue weighted by atomic mass is 16.3. The summed E-state index contributed by atoms with van der Waals surface area (Å²) < 4.78 is 7.07. The average Bonchev–Trinajstić information content (AvgIpc) is 3.59. The van der Waals surface area contributed by atoms with Crippen molar-refractivity contribution in [1.29, 1.82) is 0 Å². The first-order valence-corrected chi connectivity index (χ1v) is 17.4. The minimum absolute atomic E-state index is 0.831. The highest BCUT2D eigenvalue weighted by molar-refractivity contribution is 6.22. The van der Waals surface area contributed by atoms with Crippen molar-refractivity contribution >= 4 is 88.4 Å². The lowest BCUT2D eigenvalue weighted by atomic mass is 10.0. The lowest BCUT2D eigenvalue weighted by Crippen LogP contribution is -2.17. The van der Waals surface area contributed by atoms with E-state index in [0.29, 0.717) is 0 Å². The summed E-state index contributed by atoms with van der Waals surface area (Å²) in [7, 11) is 0. The SMILES string of the molecule is c1ccc(N(c2ccc3ccccc3c2)c2ccc3c(oc4ccc5ccccc5c43)c2N(c2ccccc2)c2ccc3ccccc3c2)cc1. The van der Waals surface area contributed by atoms with E-state index in [0.717, 1.165) is 56.1 Å². The standard InChI is InChI=1S/C48H32N2O/c1-3-18-38(19-4-1)49(40-26-23-33-13-7-9-16-36(33)31-40)44-29-28-43-46-42-22-12-11-15-35(42)25-30-45(46)51-48(43)47(44)50(39-20-5-2-6-21-39)41-27-24-34-14-8-10-17-37(34)32-41/h1-32H. The molecular formula is C48H32N2O. The minimum atomic E-state index is 0.831. The van der Waals surface area contributed by atoms with Gasteiger partial charge in [-0.05, 0) is 99.0 Å². The number of nitrogens with zero attached hydrogens (tertiary/aromatic N) is 2. The molecule has 0 amide bonds. The summed E-state index contributed by atoms with van der Waals surface area (Å²) in [5.74, 6) is 0. The van der Waals surface area contributed by atoms with Crippen LogP contribution in [0.2, 0.25) is 0 Å². The first kappa shape index (κ1) is 29.1. The van der Waals surface area contributed by atoms with Crippen molar-refractivity contribution in [3.63, 3.8) is 0 Å². The fourth-order valence-corrected chi connectivity index (χ4v) is 7.60. The van der Waals surface area contributed by atoms with Gasteiger partial charge in [0.1, 0.15) is 11.3 Å². The van der Waals surface area contributed by atoms with Crippen LogP contribution in [-0.2, 0) is 0 Å². The molecule has 0 radical (unpaired) electrons. The fourth-order valence-electron chi connectivity index (χ4n) is 7.60. The Kier molecular flexibility index (Phi) is 6.81. The number of benzene rings is 9. The molecule has 0 atom stereocenters. The van der Waals surface area contributed by atoms with Gasteiger partial charge in [-0.1, -0.05) is 127 Å². The Hall–Kier alpha value is -6.84. The van der Waals surface area contributed by atoms with Gasteiger partial charge in [-0.25, -0.2) is 0 Å². The number of furan rings is 1. The van der Waals surface area contributed by atoms with Gasteiger partial charge in [0.2, 0.25) is 0 Å². The lowest BCUT2D eigenvalue weighted by Gasteiger charge is -2.33. The number of para-hydroxylation sites is 2. The van der Waals surface area contributed by atoms with Crippen molar-refractivity contribution in [3.8, 4) is 0 Å². The molecule has 0 N–H and O–H groups in total. The summed E-state index contributed by atoms with van der Waals surface area (Å²) in [6.07, 6.45) is 0. The molecule has 0 saturated heterocycles. The van der Waals surface area contributed by atoms with Crippen molar-refractivity contribution in [3.05, 3.63) is 194 Å². The summed E-state index contributed by atoms with van der Waals surface area (Å²) >= 11 is 0. The normalized spacial score (nSPS) is 11.5. The largest absolute Gasteiger partial charge is 0.454 e. The smallest absolute Gasteiger partial charge is 0.161 e. The second kappa shape index (κ2) is 11.9. The molecule has 240 valence electrons. The molecule has 9 aromatic carbocycles. The van der Waals surface area contributed by atoms with Crippen LogP contribution in [0.1, 0.15) is 0 Å². The molecule has 1 aromatic heterocycles. The molecule has 0 fully saturated rings. The molecule has 0 spiro atoms. The van der Waals surface area contributed by atoms with Crippen molar-refractivity contribution in [1.82, 2.24) is 0 Å². The van der Waals surface area contributed by atoms with Crippen LogP contribution in [-0.4, -0.2) is 0 Å². The van der Waals surface area contributed by atoms with Crippen LogP contribution in [0.25, 0.3) is 54.3 Å². The quantitative estimate of drug-likeness (QED) is 0.178. The predicted molar refractivity (Wildman–Crippen MR) is 216 cm³/mol. The van der Waals surface area contributed by atoms with E-state index in [1.165, 1.54) is 32.3 Å². The van der Waals surface area contributed by atoms with Gasteiger partial charge in [-0.3, -0.25) is 0 Å². The number of hydrogen-bond donors (Lipinski definition) is 0. The Bertz CT molecular complexity index is 2880. The zero-order valence-electron chi connectivity index (χ0n) is 27.8. The molecular weight excluding hydrogens is 621 g/mol. The maximum absolute atomic E-state index is 7.07. The Labute approximate surface area is 295 Å². The summed E-state index contributed by atoms with van der Waals surface area (Å²) in [5, 5.41) is 9.33. The monoisotopic (exact) mass is 652 g/mol. The lowest BCUT2D eigenvalue weighted by molar-refractivity contribution is 0.669. The molecule has 1 heterocycles. The van der Waals surface area contributed by atoms with Crippen LogP contribution >= 0.6 is 0 Å². The van der Waals surface area contributed by atoms with Crippen LogP contribution < -0.4 is 9.80 Å². The van der Waals surface area contributed by atoms with Gasteiger partial charge in [-0.2, -0.15) is 0 Å². The first-order valence-electron chi connectivity index (χ1n) is 17.4. The number of fused-ring (bicyclic) bond motifs is 7. The van der Waals surface area contributed by atoms with Crippen LogP contribution in [0.15, 0.2) is 199 Å². The Morgan fingerprint density at radius 2 is 0.843 bits per heavy atom. The number of anilines is 6. The van der Waals surface area contributed by atoms with Gasteiger partial charge < -0.3 is 14.2 Å². The maximum atomic E-state index is 7.07. The third kappa shape index (κ3) is 4.90. The second-order valence-corrected chi connectivity index (χ2v) is 13.0. The van der Waals surface area contributed by atoms with E-state index < -0.39 is 0 Å². The highest BCUT2D eigenvalue weighted by Gasteiger charge is 2.28. The molecule has 0 aliphatic heterocycles. The molecule has 10 aromatic rings. The molecule has 51 heavy (non-hydrogen) atoms. The predicted octanol–water partition coefficient (Wildman–Crippen LogP) is 14.0. The molecule has 0 aliphatic carbocycles. The summed E-state index contributed by atoms with van der Waals surface area (Å²) in [6, 6.07) is 69.2. The Morgan fingerprint density at radius 3 is 1.49 bits per heavy atom. The van der Waals surface area contributed by atoms with Crippen molar-refractivity contribution in [2.24, 2.45) is 0 Å². The maximum Gasteiger partial charge on any atom is 0.161 e. The summed E-state index contributed by atoms with van der Waals surface area (Å²) in [5.41, 5.74) is 7.87. The van der Waals surface area contributed by atoms with E-state index in [1.807, 2.05) is 0 Å². The first-order chi connectivity index (χ1) is 25.3. The van der Waals surface area contributed by atoms with Crippen molar-refractivity contribution in [2.75, 3.05) is 9.80 Å². The van der Waals surface area contributed by atoms with Gasteiger partial charge in [-0.15, -0.1) is 0 Å². The highest BCUT2D eigenvalue weighted by Crippen LogP contribution is 2.51. The van der Waals surface area contributed by atoms with Gasteiger partial charge in [0.15, 0.2) is 5.58 Å². The molecule has 0 unspecified atom stereocenters. The Morgan fingerprint density at radius 1 is 0.333 bits per heavy atom. The van der Waals surface area contributed by atoms with E-state index in [4.69, 9.17) is 4.42 Å². The molecule has 3 nitrogen and oxygen atoms in total. The molecule has 10 rings (SSSR count). The van der Waals surface area contributed by atoms with E-state index in [9.17, 15) is 0 Å². The van der Waals surface area contributed by atoms with Crippen LogP contribution in [0, 0.1) is 0 Å². The molecule has 0 saturated carbocycles. The van der Waals surface area contributed by atoms with Crippen LogP contribution in [0.4, 0.5) is 34.1 Å². The van der Waals surface area contributed by atoms with E-state index >= 15 is 0 Å². The topological polar surface area (TPSA) is 19.6 Å². The van der Waals surface area contributed by atoms with Crippen LogP contribution in [0.5, 0.6) is 0 Å². The number of hydrogen-bond acceptors (Lipinski definition) is 3. The Balaban J connectivity index is 1.35. The third-order valence-electron chi connectivity index (χ3n) is 9.96. The third-order valence-corrected chi connectivity index (χ3v) is 9.96. The minimum Gasteiger partial charge on any atom is -0.454 e. The van der Waals surface area contributed by atoms with Crippen LogP contribution in [0.3, 0.4) is 0 Å². The average molecular weight is 653 g/mol. The van der Waals surface area contributed by atoms with Crippen molar-refractivity contribution < 1.29 is 4.42 Å². The summed E-state index contributed by atoms with van der Waals surface area (Å²) in [4.78, 5) is 4.73. The van der Waals surface area contributed by atoms with Gasteiger partial charge in [0.25, 0.3) is 0 Å². The molecule has 3 heteroatoms. The zero-order chi connectivity index (χ0) is 33.7. The zero-order valence-corrected chi connectivity index (χ0v) is 27.8. The number of rotatable bonds is 6. The van der Waals surface area contributed by atoms with Gasteiger partial charge >= 0.3 is 0 Å². The van der Waals surface area contributed by atoms with E-state index in [-0.39, 0.29) is 0 Å². The van der Waals surface area contributed by atoms with E-state index in [2.05, 4.69) is 204 Å². The molecule has 0 aliphatic rings. The second-order valence-electron chi connectivity index (χ2n) is 13.0. The summed E-state index contributed by atoms with van der Waals surface area (Å²) in [6.45, 7) is 0. The van der Waals surface area contributed by atoms with Gasteiger partial charge in [0.05, 0.1) is 5.69 Å². The van der Waals surface area contributed by atoms with Gasteiger partial charge in [0, 0.05) is 33.5 Å². The van der Waals surface area contributed by atoms with Crippen molar-refractivity contribution in [2.45, 2.75) is 0 Å². The van der Waals surface area contributed by atoms with E-state index in [1.54, 1.807) is 0 Å². The fraction of sp³-hybridized carbons (Fsp3) is 0. The molecule has 0 bridgehead atoms.